The van der Waals surface area contributed by atoms with Crippen LogP contribution in [-0.4, -0.2) is 36.6 Å². The molecule has 0 bridgehead atoms. The van der Waals surface area contributed by atoms with Gasteiger partial charge in [-0.05, 0) is 32.7 Å². The van der Waals surface area contributed by atoms with Gasteiger partial charge in [-0.15, -0.1) is 0 Å². The Morgan fingerprint density at radius 1 is 1.35 bits per heavy atom. The second-order valence-corrected chi connectivity index (χ2v) is 4.03. The molecule has 0 aliphatic heterocycles. The number of hydrogen-bond acceptors (Lipinski definition) is 5. The summed E-state index contributed by atoms with van der Waals surface area (Å²) in [6.07, 6.45) is 2.35. The summed E-state index contributed by atoms with van der Waals surface area (Å²) in [6, 6.07) is -1.30. The SMILES string of the molecule is CC(=O)CC[C@@H](C=O)NC(=O)[C@@H](N)CCCN. The van der Waals surface area contributed by atoms with Gasteiger partial charge in [-0.25, -0.2) is 0 Å². The van der Waals surface area contributed by atoms with Crippen LogP contribution in [0.2, 0.25) is 0 Å². The molecule has 17 heavy (non-hydrogen) atoms. The van der Waals surface area contributed by atoms with Crippen molar-refractivity contribution >= 4 is 18.0 Å². The third kappa shape index (κ3) is 7.59. The van der Waals surface area contributed by atoms with Crippen LogP contribution >= 0.6 is 0 Å². The maximum Gasteiger partial charge on any atom is 0.237 e. The largest absolute Gasteiger partial charge is 0.345 e. The number of nitrogens with two attached hydrogens (primary N) is 2. The minimum atomic E-state index is -0.654. The third-order valence-corrected chi connectivity index (χ3v) is 2.36. The van der Waals surface area contributed by atoms with Gasteiger partial charge in [-0.1, -0.05) is 0 Å². The van der Waals surface area contributed by atoms with Crippen LogP contribution in [0.25, 0.3) is 0 Å². The lowest BCUT2D eigenvalue weighted by Gasteiger charge is -2.16. The molecule has 0 aromatic heterocycles. The van der Waals surface area contributed by atoms with Gasteiger partial charge in [0.25, 0.3) is 0 Å². The van der Waals surface area contributed by atoms with E-state index in [1.807, 2.05) is 0 Å². The van der Waals surface area contributed by atoms with Gasteiger partial charge in [0.1, 0.15) is 12.1 Å². The highest BCUT2D eigenvalue weighted by atomic mass is 16.2. The van der Waals surface area contributed by atoms with Crippen molar-refractivity contribution < 1.29 is 14.4 Å². The molecular weight excluding hydrogens is 222 g/mol. The molecule has 0 saturated carbocycles. The number of carbonyl (C=O) groups excluding carboxylic acids is 3. The highest BCUT2D eigenvalue weighted by molar-refractivity contribution is 5.84. The number of Topliss-reactive ketones (excluding diaryl/α,β-unsaturated/α-hetero) is 1. The van der Waals surface area contributed by atoms with Crippen LogP contribution < -0.4 is 16.8 Å². The van der Waals surface area contributed by atoms with E-state index in [1.54, 1.807) is 0 Å². The number of ketones is 1. The Bertz CT molecular complexity index is 269. The van der Waals surface area contributed by atoms with Crippen molar-refractivity contribution in [1.82, 2.24) is 5.32 Å². The van der Waals surface area contributed by atoms with Crippen molar-refractivity contribution in [3.05, 3.63) is 0 Å². The molecule has 6 heteroatoms. The fraction of sp³-hybridized carbons (Fsp3) is 0.727. The third-order valence-electron chi connectivity index (χ3n) is 2.36. The van der Waals surface area contributed by atoms with Gasteiger partial charge in [-0.3, -0.25) is 4.79 Å². The van der Waals surface area contributed by atoms with E-state index in [0.29, 0.717) is 32.1 Å². The molecule has 0 aliphatic rings. The normalized spacial score (nSPS) is 13.8. The zero-order valence-corrected chi connectivity index (χ0v) is 10.1. The van der Waals surface area contributed by atoms with Gasteiger partial charge < -0.3 is 26.4 Å². The molecule has 1 amide bonds. The van der Waals surface area contributed by atoms with Crippen LogP contribution in [0, 0.1) is 0 Å². The smallest absolute Gasteiger partial charge is 0.237 e. The van der Waals surface area contributed by atoms with Crippen LogP contribution in [-0.2, 0) is 14.4 Å². The molecule has 0 rings (SSSR count). The number of nitrogens with one attached hydrogen (secondary N) is 1. The maximum absolute atomic E-state index is 11.5. The predicted octanol–water partition coefficient (Wildman–Crippen LogP) is -0.894. The summed E-state index contributed by atoms with van der Waals surface area (Å²) in [4.78, 5) is 33.0. The first-order valence-electron chi connectivity index (χ1n) is 5.72. The van der Waals surface area contributed by atoms with Crippen LogP contribution in [0.15, 0.2) is 0 Å². The molecule has 0 aliphatic carbocycles. The second-order valence-electron chi connectivity index (χ2n) is 4.03. The Morgan fingerprint density at radius 3 is 2.47 bits per heavy atom. The average Bonchev–Trinajstić information content (AvgIpc) is 2.30. The molecule has 0 spiro atoms. The topological polar surface area (TPSA) is 115 Å². The number of hydrogen-bond donors (Lipinski definition) is 3. The molecule has 0 unspecified atom stereocenters. The molecule has 2 atom stereocenters. The first-order chi connectivity index (χ1) is 8.01. The van der Waals surface area contributed by atoms with Gasteiger partial charge in [0.05, 0.1) is 12.1 Å². The first-order valence-corrected chi connectivity index (χ1v) is 5.72. The highest BCUT2D eigenvalue weighted by Gasteiger charge is 2.17. The van der Waals surface area contributed by atoms with Crippen LogP contribution in [0.4, 0.5) is 0 Å². The Labute approximate surface area is 101 Å². The maximum atomic E-state index is 11.5. The van der Waals surface area contributed by atoms with Gasteiger partial charge in [-0.2, -0.15) is 0 Å². The van der Waals surface area contributed by atoms with Crippen LogP contribution in [0.3, 0.4) is 0 Å². The number of rotatable bonds is 9. The lowest BCUT2D eigenvalue weighted by Crippen LogP contribution is -2.46. The summed E-state index contributed by atoms with van der Waals surface area (Å²) < 4.78 is 0. The number of amides is 1. The lowest BCUT2D eigenvalue weighted by atomic mass is 10.1. The predicted molar refractivity (Wildman–Crippen MR) is 64.2 cm³/mol. The minimum Gasteiger partial charge on any atom is -0.345 e. The summed E-state index contributed by atoms with van der Waals surface area (Å²) in [7, 11) is 0. The van der Waals surface area contributed by atoms with E-state index in [0.717, 1.165) is 0 Å². The molecular formula is C11H21N3O3. The molecule has 98 valence electrons. The van der Waals surface area contributed by atoms with Crippen molar-refractivity contribution in [3.8, 4) is 0 Å². The fourth-order valence-electron chi connectivity index (χ4n) is 1.29. The van der Waals surface area contributed by atoms with Gasteiger partial charge in [0.2, 0.25) is 5.91 Å². The Hall–Kier alpha value is -1.27. The first kappa shape index (κ1) is 15.7. The number of carbonyl (C=O) groups is 3. The molecule has 0 saturated heterocycles. The molecule has 0 fully saturated rings. The summed E-state index contributed by atoms with van der Waals surface area (Å²) in [5.74, 6) is -0.391. The molecule has 0 aromatic rings. The second kappa shape index (κ2) is 8.83. The Balaban J connectivity index is 4.04. The molecule has 0 radical (unpaired) electrons. The molecule has 6 nitrogen and oxygen atoms in total. The Kier molecular flexibility index (Phi) is 8.17. The van der Waals surface area contributed by atoms with E-state index in [9.17, 15) is 14.4 Å². The van der Waals surface area contributed by atoms with E-state index >= 15 is 0 Å². The average molecular weight is 243 g/mol. The summed E-state index contributed by atoms with van der Waals surface area (Å²) in [5, 5.41) is 2.51. The van der Waals surface area contributed by atoms with E-state index in [-0.39, 0.29) is 18.1 Å². The van der Waals surface area contributed by atoms with E-state index in [2.05, 4.69) is 5.32 Å². The van der Waals surface area contributed by atoms with E-state index in [1.165, 1.54) is 6.92 Å². The Morgan fingerprint density at radius 2 is 2.00 bits per heavy atom. The van der Waals surface area contributed by atoms with Crippen molar-refractivity contribution in [3.63, 3.8) is 0 Å². The minimum absolute atomic E-state index is 0.0153. The van der Waals surface area contributed by atoms with Crippen molar-refractivity contribution in [2.24, 2.45) is 11.5 Å². The molecule has 5 N–H and O–H groups in total. The quantitative estimate of drug-likeness (QED) is 0.454. The van der Waals surface area contributed by atoms with E-state index in [4.69, 9.17) is 11.5 Å². The van der Waals surface area contributed by atoms with E-state index < -0.39 is 12.1 Å². The van der Waals surface area contributed by atoms with Crippen molar-refractivity contribution in [1.29, 1.82) is 0 Å². The molecule has 0 aromatic carbocycles. The van der Waals surface area contributed by atoms with Crippen molar-refractivity contribution in [2.45, 2.75) is 44.7 Å². The zero-order valence-electron chi connectivity index (χ0n) is 10.1. The van der Waals surface area contributed by atoms with Gasteiger partial charge in [0, 0.05) is 6.42 Å². The van der Waals surface area contributed by atoms with Crippen LogP contribution in [0.5, 0.6) is 0 Å². The molecule has 0 heterocycles. The summed E-state index contributed by atoms with van der Waals surface area (Å²) in [5.41, 5.74) is 10.9. The van der Waals surface area contributed by atoms with Gasteiger partial charge >= 0.3 is 0 Å². The fourth-order valence-corrected chi connectivity index (χ4v) is 1.29. The number of aldehydes is 1. The highest BCUT2D eigenvalue weighted by Crippen LogP contribution is 1.98. The van der Waals surface area contributed by atoms with Crippen LogP contribution in [0.1, 0.15) is 32.6 Å². The summed E-state index contributed by atoms with van der Waals surface area (Å²) in [6.45, 7) is 1.92. The summed E-state index contributed by atoms with van der Waals surface area (Å²) >= 11 is 0. The van der Waals surface area contributed by atoms with Crippen molar-refractivity contribution in [2.75, 3.05) is 6.54 Å². The standard InChI is InChI=1S/C11H21N3O3/c1-8(16)4-5-9(7-15)14-11(17)10(13)3-2-6-12/h7,9-10H,2-6,12-13H2,1H3,(H,14,17)/t9-,10-/m0/s1. The van der Waals surface area contributed by atoms with Gasteiger partial charge in [0.15, 0.2) is 0 Å². The lowest BCUT2D eigenvalue weighted by molar-refractivity contribution is -0.125. The monoisotopic (exact) mass is 243 g/mol. The zero-order chi connectivity index (χ0) is 13.3.